The first-order chi connectivity index (χ1) is 15.4. The van der Waals surface area contributed by atoms with Crippen LogP contribution in [0.1, 0.15) is 16.2 Å². The number of carbonyl (C=O) groups excluding carboxylic acids is 2. The van der Waals surface area contributed by atoms with E-state index in [0.29, 0.717) is 70.3 Å². The predicted molar refractivity (Wildman–Crippen MR) is 115 cm³/mol. The molecule has 0 bridgehead atoms. The van der Waals surface area contributed by atoms with Crippen LogP contribution in [-0.4, -0.2) is 95.5 Å². The molecular formula is C21H26N6O5. The Morgan fingerprint density at radius 2 is 1.69 bits per heavy atom. The van der Waals surface area contributed by atoms with Crippen LogP contribution in [0.2, 0.25) is 0 Å². The van der Waals surface area contributed by atoms with Gasteiger partial charge < -0.3 is 19.2 Å². The van der Waals surface area contributed by atoms with Crippen molar-refractivity contribution in [3.05, 3.63) is 51.9 Å². The zero-order chi connectivity index (χ0) is 22.7. The van der Waals surface area contributed by atoms with E-state index in [1.165, 1.54) is 6.07 Å². The fourth-order valence-electron chi connectivity index (χ4n) is 4.10. The summed E-state index contributed by atoms with van der Waals surface area (Å²) in [6, 6.07) is 8.31. The van der Waals surface area contributed by atoms with Crippen LogP contribution in [-0.2, 0) is 4.79 Å². The molecule has 0 unspecified atom stereocenters. The van der Waals surface area contributed by atoms with Gasteiger partial charge in [-0.05, 0) is 13.0 Å². The molecule has 1 aromatic carbocycles. The number of aryl methyl sites for hydroxylation is 1. The fraction of sp³-hybridized carbons (Fsp3) is 0.476. The molecule has 2 fully saturated rings. The largest absolute Gasteiger partial charge is 0.362 e. The summed E-state index contributed by atoms with van der Waals surface area (Å²) in [6.07, 6.45) is 0. The highest BCUT2D eigenvalue weighted by Crippen LogP contribution is 2.28. The highest BCUT2D eigenvalue weighted by molar-refractivity contribution is 5.91. The first kappa shape index (κ1) is 21.8. The summed E-state index contributed by atoms with van der Waals surface area (Å²) >= 11 is 0. The Morgan fingerprint density at radius 3 is 2.31 bits per heavy atom. The Bertz CT molecular complexity index is 992. The van der Waals surface area contributed by atoms with Crippen molar-refractivity contribution in [2.75, 3.05) is 63.8 Å². The van der Waals surface area contributed by atoms with Crippen LogP contribution in [0.4, 0.5) is 11.4 Å². The molecule has 0 atom stereocenters. The van der Waals surface area contributed by atoms with E-state index in [0.717, 1.165) is 0 Å². The van der Waals surface area contributed by atoms with Gasteiger partial charge in [-0.3, -0.25) is 24.6 Å². The predicted octanol–water partition coefficient (Wildman–Crippen LogP) is 0.998. The Labute approximate surface area is 185 Å². The number of amides is 2. The lowest BCUT2D eigenvalue weighted by Crippen LogP contribution is -2.54. The van der Waals surface area contributed by atoms with Gasteiger partial charge in [0.25, 0.3) is 11.6 Å². The van der Waals surface area contributed by atoms with Crippen LogP contribution in [0, 0.1) is 17.0 Å². The van der Waals surface area contributed by atoms with Crippen LogP contribution >= 0.6 is 0 Å². The minimum Gasteiger partial charge on any atom is -0.362 e. The van der Waals surface area contributed by atoms with E-state index < -0.39 is 0 Å². The van der Waals surface area contributed by atoms with Crippen molar-refractivity contribution in [3.8, 4) is 0 Å². The molecular weight excluding hydrogens is 416 g/mol. The molecule has 1 aromatic heterocycles. The number of aromatic nitrogens is 1. The first-order valence-electron chi connectivity index (χ1n) is 10.6. The number of nitrogens with zero attached hydrogens (tertiary/aromatic N) is 6. The maximum Gasteiger partial charge on any atom is 0.292 e. The quantitative estimate of drug-likeness (QED) is 0.497. The molecule has 11 heteroatoms. The van der Waals surface area contributed by atoms with Crippen molar-refractivity contribution in [1.82, 2.24) is 19.9 Å². The number of para-hydroxylation sites is 2. The number of benzene rings is 1. The van der Waals surface area contributed by atoms with E-state index in [2.05, 4.69) is 5.16 Å². The number of rotatable bonds is 5. The van der Waals surface area contributed by atoms with Gasteiger partial charge in [0.2, 0.25) is 11.7 Å². The lowest BCUT2D eigenvalue weighted by atomic mass is 10.2. The number of nitro benzene ring substituents is 1. The normalized spacial score (nSPS) is 17.5. The number of carbonyl (C=O) groups is 2. The number of nitro groups is 1. The number of hydrogen-bond acceptors (Lipinski definition) is 8. The number of anilines is 1. The Kier molecular flexibility index (Phi) is 6.35. The molecule has 11 nitrogen and oxygen atoms in total. The van der Waals surface area contributed by atoms with E-state index in [1.54, 1.807) is 41.0 Å². The molecule has 2 aliphatic rings. The molecule has 0 spiro atoms. The van der Waals surface area contributed by atoms with Gasteiger partial charge in [0.1, 0.15) is 5.69 Å². The standard InChI is InChI=1S/C21H26N6O5/c1-16-14-19(32-22-16)21(29)26-8-6-23(7-9-26)15-20(28)25-12-10-24(11-13-25)17-4-2-3-5-18(17)27(30)31/h2-5,14H,6-13,15H2,1H3. The van der Waals surface area contributed by atoms with Gasteiger partial charge in [-0.25, -0.2) is 0 Å². The second-order valence-electron chi connectivity index (χ2n) is 8.01. The molecule has 0 aliphatic carbocycles. The van der Waals surface area contributed by atoms with Crippen molar-refractivity contribution in [3.63, 3.8) is 0 Å². The second kappa shape index (κ2) is 9.35. The summed E-state index contributed by atoms with van der Waals surface area (Å²) in [6.45, 7) is 6.49. The molecule has 2 amide bonds. The third-order valence-electron chi connectivity index (χ3n) is 5.91. The second-order valence-corrected chi connectivity index (χ2v) is 8.01. The average Bonchev–Trinajstić information content (AvgIpc) is 3.25. The van der Waals surface area contributed by atoms with E-state index in [9.17, 15) is 19.7 Å². The summed E-state index contributed by atoms with van der Waals surface area (Å²) in [7, 11) is 0. The highest BCUT2D eigenvalue weighted by atomic mass is 16.6. The van der Waals surface area contributed by atoms with Crippen molar-refractivity contribution >= 4 is 23.2 Å². The number of hydrogen-bond donors (Lipinski definition) is 0. The lowest BCUT2D eigenvalue weighted by Gasteiger charge is -2.38. The van der Waals surface area contributed by atoms with Gasteiger partial charge >= 0.3 is 0 Å². The highest BCUT2D eigenvalue weighted by Gasteiger charge is 2.29. The molecule has 2 saturated heterocycles. The topological polar surface area (TPSA) is 116 Å². The molecule has 4 rings (SSSR count). The lowest BCUT2D eigenvalue weighted by molar-refractivity contribution is -0.384. The van der Waals surface area contributed by atoms with E-state index in [4.69, 9.17) is 4.52 Å². The van der Waals surface area contributed by atoms with Crippen LogP contribution in [0.3, 0.4) is 0 Å². The molecule has 0 saturated carbocycles. The molecule has 0 N–H and O–H groups in total. The summed E-state index contributed by atoms with van der Waals surface area (Å²) in [4.78, 5) is 43.7. The van der Waals surface area contributed by atoms with Gasteiger partial charge in [-0.2, -0.15) is 0 Å². The van der Waals surface area contributed by atoms with Gasteiger partial charge in [0, 0.05) is 64.5 Å². The molecule has 32 heavy (non-hydrogen) atoms. The monoisotopic (exact) mass is 442 g/mol. The fourth-order valence-corrected chi connectivity index (χ4v) is 4.10. The zero-order valence-electron chi connectivity index (χ0n) is 18.0. The maximum absolute atomic E-state index is 12.8. The van der Waals surface area contributed by atoms with Gasteiger partial charge in [0.15, 0.2) is 0 Å². The Hall–Kier alpha value is -3.47. The van der Waals surface area contributed by atoms with Crippen molar-refractivity contribution in [2.45, 2.75) is 6.92 Å². The minimum absolute atomic E-state index is 0.0397. The molecule has 2 aliphatic heterocycles. The van der Waals surface area contributed by atoms with Crippen molar-refractivity contribution in [2.24, 2.45) is 0 Å². The van der Waals surface area contributed by atoms with Crippen LogP contribution < -0.4 is 4.90 Å². The summed E-state index contributed by atoms with van der Waals surface area (Å²) < 4.78 is 5.05. The van der Waals surface area contributed by atoms with E-state index >= 15 is 0 Å². The smallest absolute Gasteiger partial charge is 0.292 e. The minimum atomic E-state index is -0.374. The van der Waals surface area contributed by atoms with Crippen LogP contribution in [0.15, 0.2) is 34.9 Å². The molecule has 170 valence electrons. The van der Waals surface area contributed by atoms with Gasteiger partial charge in [0.05, 0.1) is 17.2 Å². The number of piperazine rings is 2. The Morgan fingerprint density at radius 1 is 1.03 bits per heavy atom. The molecule has 2 aromatic rings. The summed E-state index contributed by atoms with van der Waals surface area (Å²) in [5.74, 6) is 0.101. The van der Waals surface area contributed by atoms with E-state index in [-0.39, 0.29) is 28.2 Å². The van der Waals surface area contributed by atoms with Crippen LogP contribution in [0.5, 0.6) is 0 Å². The third kappa shape index (κ3) is 4.72. The van der Waals surface area contributed by atoms with Gasteiger partial charge in [-0.15, -0.1) is 0 Å². The molecule has 3 heterocycles. The zero-order valence-corrected chi connectivity index (χ0v) is 18.0. The van der Waals surface area contributed by atoms with Crippen molar-refractivity contribution in [1.29, 1.82) is 0 Å². The van der Waals surface area contributed by atoms with Crippen LogP contribution in [0.25, 0.3) is 0 Å². The summed E-state index contributed by atoms with van der Waals surface area (Å²) in [5, 5.41) is 15.0. The molecule has 0 radical (unpaired) electrons. The Balaban J connectivity index is 1.25. The third-order valence-corrected chi connectivity index (χ3v) is 5.91. The maximum atomic E-state index is 12.8. The first-order valence-corrected chi connectivity index (χ1v) is 10.6. The van der Waals surface area contributed by atoms with Gasteiger partial charge in [-0.1, -0.05) is 17.3 Å². The SMILES string of the molecule is Cc1cc(C(=O)N2CCN(CC(=O)N3CCN(c4ccccc4[N+](=O)[O-])CC3)CC2)on1. The summed E-state index contributed by atoms with van der Waals surface area (Å²) in [5.41, 5.74) is 1.34. The average molecular weight is 442 g/mol. The van der Waals surface area contributed by atoms with E-state index in [1.807, 2.05) is 9.80 Å². The van der Waals surface area contributed by atoms with Crippen molar-refractivity contribution < 1.29 is 19.0 Å².